The first kappa shape index (κ1) is 27.3. The number of likely N-dealkylation sites (N-methyl/N-ethyl adjacent to an activating group) is 1. The van der Waals surface area contributed by atoms with Gasteiger partial charge in [0, 0.05) is 53.9 Å². The number of ether oxygens (including phenoxy) is 1. The van der Waals surface area contributed by atoms with Crippen molar-refractivity contribution in [2.75, 3.05) is 49.8 Å². The van der Waals surface area contributed by atoms with Crippen LogP contribution in [0.4, 0.5) is 23.0 Å². The Morgan fingerprint density at radius 2 is 2.02 bits per heavy atom. The number of para-hydroxylation sites is 1. The summed E-state index contributed by atoms with van der Waals surface area (Å²) in [4.78, 5) is 26.2. The molecule has 4 aromatic rings. The second-order valence-corrected chi connectivity index (χ2v) is 11.0. The minimum Gasteiger partial charge on any atom is -0.494 e. The smallest absolute Gasteiger partial charge is 0.247 e. The number of fused-ring (bicyclic) bond motifs is 1. The maximum Gasteiger partial charge on any atom is 0.247 e. The Balaban J connectivity index is 1.39. The van der Waals surface area contributed by atoms with Crippen molar-refractivity contribution in [1.82, 2.24) is 19.4 Å². The zero-order valence-corrected chi connectivity index (χ0v) is 24.1. The highest BCUT2D eigenvalue weighted by Crippen LogP contribution is 2.42. The van der Waals surface area contributed by atoms with Crippen LogP contribution >= 0.6 is 0 Å². The molecular weight excluding hydrogens is 528 g/mol. The van der Waals surface area contributed by atoms with E-state index in [1.165, 1.54) is 6.08 Å². The maximum atomic E-state index is 12.4. The van der Waals surface area contributed by atoms with Crippen molar-refractivity contribution in [3.05, 3.63) is 67.0 Å². The Hall–Kier alpha value is -4.88. The normalized spacial score (nSPS) is 16.5. The zero-order chi connectivity index (χ0) is 29.4. The summed E-state index contributed by atoms with van der Waals surface area (Å²) >= 11 is 0. The number of hydrogen-bond donors (Lipinski definition) is 2. The third kappa shape index (κ3) is 5.15. The summed E-state index contributed by atoms with van der Waals surface area (Å²) in [7, 11) is 5.77. The number of carbonyl (C=O) groups is 1. The Morgan fingerprint density at radius 1 is 1.21 bits per heavy atom. The van der Waals surface area contributed by atoms with E-state index >= 15 is 0 Å². The number of rotatable bonds is 9. The van der Waals surface area contributed by atoms with Crippen LogP contribution in [-0.2, 0) is 4.79 Å². The quantitative estimate of drug-likeness (QED) is 0.264. The minimum atomic E-state index is -0.306. The third-order valence-electron chi connectivity index (χ3n) is 8.09. The predicted octanol–water partition coefficient (Wildman–Crippen LogP) is 5.32. The van der Waals surface area contributed by atoms with Crippen LogP contribution < -0.4 is 20.3 Å². The van der Waals surface area contributed by atoms with Gasteiger partial charge in [0.05, 0.1) is 41.6 Å². The molecule has 0 radical (unpaired) electrons. The molecule has 2 fully saturated rings. The average molecular weight is 563 g/mol. The van der Waals surface area contributed by atoms with Crippen molar-refractivity contribution in [2.45, 2.75) is 31.3 Å². The predicted molar refractivity (Wildman–Crippen MR) is 165 cm³/mol. The van der Waals surface area contributed by atoms with Gasteiger partial charge < -0.3 is 29.7 Å². The molecule has 1 aliphatic carbocycles. The van der Waals surface area contributed by atoms with Crippen molar-refractivity contribution < 1.29 is 9.53 Å². The van der Waals surface area contributed by atoms with Crippen LogP contribution in [0.1, 0.15) is 30.9 Å². The summed E-state index contributed by atoms with van der Waals surface area (Å²) in [6.07, 6.45) is 8.21. The van der Waals surface area contributed by atoms with Gasteiger partial charge in [0.25, 0.3) is 0 Å². The number of nitrogens with one attached hydrogen (secondary N) is 2. The molecule has 0 spiro atoms. The second-order valence-electron chi connectivity index (χ2n) is 11.0. The van der Waals surface area contributed by atoms with E-state index in [9.17, 15) is 10.1 Å². The minimum absolute atomic E-state index is 0.306. The van der Waals surface area contributed by atoms with Gasteiger partial charge in [-0.15, -0.1) is 0 Å². The van der Waals surface area contributed by atoms with E-state index in [-0.39, 0.29) is 5.91 Å². The van der Waals surface area contributed by atoms with Crippen molar-refractivity contribution in [2.24, 2.45) is 0 Å². The van der Waals surface area contributed by atoms with Crippen LogP contribution in [0.25, 0.3) is 22.2 Å². The molecule has 2 aromatic carbocycles. The van der Waals surface area contributed by atoms with E-state index in [0.717, 1.165) is 54.5 Å². The molecule has 1 saturated heterocycles. The molecular formula is C32H34N8O2. The Kier molecular flexibility index (Phi) is 7.27. The van der Waals surface area contributed by atoms with Crippen molar-refractivity contribution in [3.63, 3.8) is 0 Å². The van der Waals surface area contributed by atoms with E-state index in [1.54, 1.807) is 13.3 Å². The topological polar surface area (TPSA) is 111 Å². The van der Waals surface area contributed by atoms with Gasteiger partial charge in [0.1, 0.15) is 11.8 Å². The largest absolute Gasteiger partial charge is 0.494 e. The van der Waals surface area contributed by atoms with E-state index in [1.807, 2.05) is 24.3 Å². The second kappa shape index (κ2) is 11.2. The Labute approximate surface area is 245 Å². The molecule has 1 saturated carbocycles. The maximum absolute atomic E-state index is 12.4. The highest BCUT2D eigenvalue weighted by atomic mass is 16.5. The van der Waals surface area contributed by atoms with Crippen molar-refractivity contribution >= 4 is 39.8 Å². The van der Waals surface area contributed by atoms with Gasteiger partial charge in [-0.3, -0.25) is 4.79 Å². The van der Waals surface area contributed by atoms with Gasteiger partial charge in [-0.25, -0.2) is 9.97 Å². The van der Waals surface area contributed by atoms with Gasteiger partial charge in [0.15, 0.2) is 0 Å². The van der Waals surface area contributed by atoms with Crippen molar-refractivity contribution in [1.29, 1.82) is 5.26 Å². The van der Waals surface area contributed by atoms with Crippen LogP contribution in [0.5, 0.6) is 5.75 Å². The molecule has 2 aromatic heterocycles. The van der Waals surface area contributed by atoms with E-state index in [0.29, 0.717) is 46.4 Å². The fourth-order valence-electron chi connectivity index (χ4n) is 5.66. The van der Waals surface area contributed by atoms with Gasteiger partial charge in [-0.2, -0.15) is 5.26 Å². The van der Waals surface area contributed by atoms with Gasteiger partial charge >= 0.3 is 0 Å². The molecule has 42 heavy (non-hydrogen) atoms. The number of carbonyl (C=O) groups excluding carboxylic acids is 1. The molecule has 6 rings (SSSR count). The lowest BCUT2D eigenvalue weighted by molar-refractivity contribution is -0.111. The standard InChI is InChI=1S/C32H34N8O2/c1-5-30(41)35-25-14-26(29(42-4)15-28(25)39-13-12-22(18-39)38(2)3)36-32-34-17-20(16-33)31(37-32)24-19-40(21-10-11-21)27-9-7-6-8-23(24)27/h5-9,14-15,17,19,21-22H,1,10-13,18H2,2-4H3,(H,35,41)(H,34,36,37)/t22-/m0/s1. The van der Waals surface area contributed by atoms with Crippen LogP contribution in [0, 0.1) is 11.3 Å². The molecule has 2 aliphatic rings. The molecule has 3 heterocycles. The lowest BCUT2D eigenvalue weighted by Gasteiger charge is -2.25. The Morgan fingerprint density at radius 3 is 2.71 bits per heavy atom. The Bertz CT molecular complexity index is 1720. The molecule has 10 heteroatoms. The fraction of sp³-hybridized carbons (Fsp3) is 0.312. The van der Waals surface area contributed by atoms with Crippen LogP contribution in [-0.4, -0.2) is 65.7 Å². The summed E-state index contributed by atoms with van der Waals surface area (Å²) in [5.41, 5.74) is 5.06. The summed E-state index contributed by atoms with van der Waals surface area (Å²) in [5.74, 6) is 0.586. The van der Waals surface area contributed by atoms with Crippen LogP contribution in [0.3, 0.4) is 0 Å². The molecule has 1 amide bonds. The number of hydrogen-bond acceptors (Lipinski definition) is 8. The molecule has 10 nitrogen and oxygen atoms in total. The van der Waals surface area contributed by atoms with E-state index < -0.39 is 0 Å². The van der Waals surface area contributed by atoms with Crippen LogP contribution in [0.15, 0.2) is 61.4 Å². The van der Waals surface area contributed by atoms with E-state index in [4.69, 9.17) is 9.72 Å². The monoisotopic (exact) mass is 562 g/mol. The van der Waals surface area contributed by atoms with Crippen LogP contribution in [0.2, 0.25) is 0 Å². The summed E-state index contributed by atoms with van der Waals surface area (Å²) < 4.78 is 8.08. The lowest BCUT2D eigenvalue weighted by atomic mass is 10.1. The van der Waals surface area contributed by atoms with Gasteiger partial charge in [-0.1, -0.05) is 24.8 Å². The third-order valence-corrected chi connectivity index (χ3v) is 8.09. The number of aromatic nitrogens is 3. The van der Waals surface area contributed by atoms with E-state index in [2.05, 4.69) is 75.1 Å². The molecule has 1 aliphatic heterocycles. The SMILES string of the molecule is C=CC(=O)Nc1cc(Nc2ncc(C#N)c(-c3cn(C4CC4)c4ccccc34)n2)c(OC)cc1N1CC[C@H](N(C)C)C1. The summed E-state index contributed by atoms with van der Waals surface area (Å²) in [5, 5.41) is 17.2. The first-order valence-corrected chi connectivity index (χ1v) is 14.1. The lowest BCUT2D eigenvalue weighted by Crippen LogP contribution is -2.31. The average Bonchev–Trinajstić information content (AvgIpc) is 3.59. The number of methoxy groups -OCH3 is 1. The molecule has 214 valence electrons. The van der Waals surface area contributed by atoms with Gasteiger partial charge in [0.2, 0.25) is 11.9 Å². The number of nitrogens with zero attached hydrogens (tertiary/aromatic N) is 6. The first-order chi connectivity index (χ1) is 20.4. The fourth-order valence-corrected chi connectivity index (χ4v) is 5.66. The highest BCUT2D eigenvalue weighted by molar-refractivity contribution is 6.02. The number of nitriles is 1. The molecule has 2 N–H and O–H groups in total. The number of benzene rings is 2. The molecule has 0 bridgehead atoms. The molecule has 0 unspecified atom stereocenters. The number of amides is 1. The number of anilines is 4. The highest BCUT2D eigenvalue weighted by Gasteiger charge is 2.28. The zero-order valence-electron chi connectivity index (χ0n) is 24.1. The van der Waals surface area contributed by atoms with Crippen molar-refractivity contribution in [3.8, 4) is 23.1 Å². The summed E-state index contributed by atoms with van der Waals surface area (Å²) in [6.45, 7) is 5.30. The molecule has 1 atom stereocenters. The summed E-state index contributed by atoms with van der Waals surface area (Å²) in [6, 6.07) is 15.1. The van der Waals surface area contributed by atoms with Gasteiger partial charge in [-0.05, 0) is 51.6 Å². The first-order valence-electron chi connectivity index (χ1n) is 14.1.